The number of hydrogen-bond acceptors (Lipinski definition) is 4. The summed E-state index contributed by atoms with van der Waals surface area (Å²) in [5.41, 5.74) is 1.33. The number of amides is 2. The summed E-state index contributed by atoms with van der Waals surface area (Å²) in [4.78, 5) is 28.7. The molecule has 1 aromatic heterocycles. The largest absolute Gasteiger partial charge is 0.348 e. The van der Waals surface area contributed by atoms with Gasteiger partial charge in [0.1, 0.15) is 5.69 Å². The predicted molar refractivity (Wildman–Crippen MR) is 99.8 cm³/mol. The molecule has 2 amide bonds. The molecule has 1 aliphatic rings. The number of hydrogen-bond donors (Lipinski definition) is 2. The highest BCUT2D eigenvalue weighted by atomic mass is 32.1. The van der Waals surface area contributed by atoms with E-state index in [1.165, 1.54) is 37.0 Å². The third kappa shape index (κ3) is 5.39. The molecule has 2 N–H and O–H groups in total. The predicted octanol–water partition coefficient (Wildman–Crippen LogP) is 3.78. The van der Waals surface area contributed by atoms with Gasteiger partial charge < -0.3 is 10.6 Å². The van der Waals surface area contributed by atoms with Gasteiger partial charge in [-0.1, -0.05) is 56.0 Å². The van der Waals surface area contributed by atoms with Crippen molar-refractivity contribution in [3.8, 4) is 0 Å². The second-order valence-corrected chi connectivity index (χ2v) is 7.27. The van der Waals surface area contributed by atoms with E-state index in [9.17, 15) is 9.59 Å². The van der Waals surface area contributed by atoms with Crippen LogP contribution in [-0.2, 0) is 11.2 Å². The molecule has 1 saturated carbocycles. The topological polar surface area (TPSA) is 71.1 Å². The van der Waals surface area contributed by atoms with Crippen LogP contribution < -0.4 is 10.6 Å². The molecule has 1 aromatic carbocycles. The van der Waals surface area contributed by atoms with E-state index < -0.39 is 0 Å². The molecule has 0 bridgehead atoms. The first kappa shape index (κ1) is 17.6. The lowest BCUT2D eigenvalue weighted by atomic mass is 10.1. The van der Waals surface area contributed by atoms with Gasteiger partial charge >= 0.3 is 0 Å². The molecule has 2 aromatic rings. The molecule has 6 heteroatoms. The lowest BCUT2D eigenvalue weighted by Gasteiger charge is -2.15. The SMILES string of the molecule is O=C(Cc1ccccc1)Nc1nc(C(=O)NC2CCCCCC2)cs1. The van der Waals surface area contributed by atoms with Crippen molar-refractivity contribution in [3.63, 3.8) is 0 Å². The van der Waals surface area contributed by atoms with Crippen molar-refractivity contribution < 1.29 is 9.59 Å². The zero-order valence-corrected chi connectivity index (χ0v) is 15.0. The number of nitrogens with zero attached hydrogens (tertiary/aromatic N) is 1. The van der Waals surface area contributed by atoms with Crippen molar-refractivity contribution in [3.05, 3.63) is 47.0 Å². The van der Waals surface area contributed by atoms with Crippen molar-refractivity contribution >= 4 is 28.3 Å². The molecule has 1 aliphatic carbocycles. The first-order valence-electron chi connectivity index (χ1n) is 8.81. The van der Waals surface area contributed by atoms with E-state index in [2.05, 4.69) is 15.6 Å². The molecule has 1 fully saturated rings. The number of nitrogens with one attached hydrogen (secondary N) is 2. The second kappa shape index (κ2) is 8.76. The summed E-state index contributed by atoms with van der Waals surface area (Å²) >= 11 is 1.28. The van der Waals surface area contributed by atoms with Gasteiger partial charge in [-0.25, -0.2) is 4.98 Å². The number of anilines is 1. The van der Waals surface area contributed by atoms with E-state index in [4.69, 9.17) is 0 Å². The molecule has 0 radical (unpaired) electrons. The Morgan fingerprint density at radius 2 is 1.80 bits per heavy atom. The Balaban J connectivity index is 1.52. The summed E-state index contributed by atoms with van der Waals surface area (Å²) in [5, 5.41) is 8.01. The minimum Gasteiger partial charge on any atom is -0.348 e. The number of benzene rings is 1. The van der Waals surface area contributed by atoms with Crippen molar-refractivity contribution in [2.45, 2.75) is 51.0 Å². The van der Waals surface area contributed by atoms with Crippen molar-refractivity contribution in [1.29, 1.82) is 0 Å². The van der Waals surface area contributed by atoms with E-state index >= 15 is 0 Å². The molecule has 0 spiro atoms. The molecule has 3 rings (SSSR count). The van der Waals surface area contributed by atoms with E-state index in [0.717, 1.165) is 18.4 Å². The van der Waals surface area contributed by atoms with Gasteiger partial charge in [0.15, 0.2) is 5.13 Å². The van der Waals surface area contributed by atoms with Crippen molar-refractivity contribution in [2.24, 2.45) is 0 Å². The van der Waals surface area contributed by atoms with Crippen molar-refractivity contribution in [2.75, 3.05) is 5.32 Å². The summed E-state index contributed by atoms with van der Waals surface area (Å²) < 4.78 is 0. The maximum absolute atomic E-state index is 12.3. The van der Waals surface area contributed by atoms with Crippen LogP contribution in [-0.4, -0.2) is 22.8 Å². The second-order valence-electron chi connectivity index (χ2n) is 6.41. The highest BCUT2D eigenvalue weighted by Gasteiger charge is 2.18. The lowest BCUT2D eigenvalue weighted by Crippen LogP contribution is -2.34. The molecule has 0 unspecified atom stereocenters. The van der Waals surface area contributed by atoms with E-state index in [1.54, 1.807) is 5.38 Å². The van der Waals surface area contributed by atoms with Gasteiger partial charge in [-0.05, 0) is 18.4 Å². The minimum absolute atomic E-state index is 0.128. The van der Waals surface area contributed by atoms with Gasteiger partial charge in [-0.3, -0.25) is 9.59 Å². The Bertz CT molecular complexity index is 706. The number of rotatable bonds is 5. The minimum atomic E-state index is -0.147. The van der Waals surface area contributed by atoms with Crippen LogP contribution in [0.15, 0.2) is 35.7 Å². The molecular weight excluding hydrogens is 334 g/mol. The first-order chi connectivity index (χ1) is 12.2. The van der Waals surface area contributed by atoms with Gasteiger partial charge in [0.2, 0.25) is 5.91 Å². The van der Waals surface area contributed by atoms with E-state index in [-0.39, 0.29) is 17.9 Å². The monoisotopic (exact) mass is 357 g/mol. The summed E-state index contributed by atoms with van der Waals surface area (Å²) in [6.07, 6.45) is 7.21. The van der Waals surface area contributed by atoms with Gasteiger partial charge in [-0.2, -0.15) is 0 Å². The summed E-state index contributed by atoms with van der Waals surface area (Å²) in [6.45, 7) is 0. The summed E-state index contributed by atoms with van der Waals surface area (Å²) in [7, 11) is 0. The maximum atomic E-state index is 12.3. The highest BCUT2D eigenvalue weighted by molar-refractivity contribution is 7.14. The number of aromatic nitrogens is 1. The Hall–Kier alpha value is -2.21. The zero-order valence-electron chi connectivity index (χ0n) is 14.2. The Labute approximate surface area is 151 Å². The smallest absolute Gasteiger partial charge is 0.271 e. The van der Waals surface area contributed by atoms with Crippen LogP contribution in [0, 0.1) is 0 Å². The molecule has 0 saturated heterocycles. The molecule has 0 aliphatic heterocycles. The summed E-state index contributed by atoms with van der Waals surface area (Å²) in [6, 6.07) is 9.79. The fourth-order valence-corrected chi connectivity index (χ4v) is 3.77. The van der Waals surface area contributed by atoms with Crippen molar-refractivity contribution in [1.82, 2.24) is 10.3 Å². The lowest BCUT2D eigenvalue weighted by molar-refractivity contribution is -0.115. The standard InChI is InChI=1S/C19H23N3O2S/c23-17(12-14-8-4-3-5-9-14)22-19-21-16(13-25-19)18(24)20-15-10-6-1-2-7-11-15/h3-5,8-9,13,15H,1-2,6-7,10-12H2,(H,20,24)(H,21,22,23). The van der Waals surface area contributed by atoms with Crippen LogP contribution in [0.1, 0.15) is 54.6 Å². The highest BCUT2D eigenvalue weighted by Crippen LogP contribution is 2.19. The molecule has 132 valence electrons. The third-order valence-corrected chi connectivity index (χ3v) is 5.14. The van der Waals surface area contributed by atoms with Gasteiger partial charge in [0.25, 0.3) is 5.91 Å². The normalized spacial score (nSPS) is 15.4. The zero-order chi connectivity index (χ0) is 17.5. The molecule has 25 heavy (non-hydrogen) atoms. The fraction of sp³-hybridized carbons (Fsp3) is 0.421. The van der Waals surface area contributed by atoms with Gasteiger partial charge in [-0.15, -0.1) is 11.3 Å². The van der Waals surface area contributed by atoms with Crippen LogP contribution in [0.25, 0.3) is 0 Å². The average molecular weight is 357 g/mol. The van der Waals surface area contributed by atoms with Crippen LogP contribution in [0.3, 0.4) is 0 Å². The Morgan fingerprint density at radius 3 is 2.52 bits per heavy atom. The molecule has 0 atom stereocenters. The average Bonchev–Trinajstić information content (AvgIpc) is 2.92. The van der Waals surface area contributed by atoms with Crippen LogP contribution >= 0.6 is 11.3 Å². The fourth-order valence-electron chi connectivity index (χ4n) is 3.06. The van der Waals surface area contributed by atoms with E-state index in [1.807, 2.05) is 30.3 Å². The summed E-state index contributed by atoms with van der Waals surface area (Å²) in [5.74, 6) is -0.275. The maximum Gasteiger partial charge on any atom is 0.271 e. The van der Waals surface area contributed by atoms with Gasteiger partial charge in [0, 0.05) is 11.4 Å². The number of thiazole rings is 1. The molecular formula is C19H23N3O2S. The van der Waals surface area contributed by atoms with Crippen LogP contribution in [0.5, 0.6) is 0 Å². The Morgan fingerprint density at radius 1 is 1.08 bits per heavy atom. The van der Waals surface area contributed by atoms with Crippen LogP contribution in [0.4, 0.5) is 5.13 Å². The quantitative estimate of drug-likeness (QED) is 0.800. The van der Waals surface area contributed by atoms with Crippen LogP contribution in [0.2, 0.25) is 0 Å². The first-order valence-corrected chi connectivity index (χ1v) is 9.69. The van der Waals surface area contributed by atoms with E-state index in [0.29, 0.717) is 17.2 Å². The third-order valence-electron chi connectivity index (χ3n) is 4.38. The number of carbonyl (C=O) groups excluding carboxylic acids is 2. The molecule has 1 heterocycles. The van der Waals surface area contributed by atoms with Gasteiger partial charge in [0.05, 0.1) is 6.42 Å². The molecule has 5 nitrogen and oxygen atoms in total. The Kier molecular flexibility index (Phi) is 6.17. The number of carbonyl (C=O) groups is 2.